The third-order valence-corrected chi connectivity index (χ3v) is 4.91. The van der Waals surface area contributed by atoms with Gasteiger partial charge in [-0.3, -0.25) is 10.2 Å². The summed E-state index contributed by atoms with van der Waals surface area (Å²) in [7, 11) is 0. The van der Waals surface area contributed by atoms with E-state index in [2.05, 4.69) is 16.5 Å². The van der Waals surface area contributed by atoms with Crippen LogP contribution in [0.5, 0.6) is 0 Å². The summed E-state index contributed by atoms with van der Waals surface area (Å²) in [6.07, 6.45) is 6.16. The summed E-state index contributed by atoms with van der Waals surface area (Å²) in [5.41, 5.74) is 3.10. The maximum absolute atomic E-state index is 12.2. The van der Waals surface area contributed by atoms with Crippen molar-refractivity contribution in [1.29, 1.82) is 5.26 Å². The Morgan fingerprint density at radius 2 is 1.65 bits per heavy atom. The molecule has 3 aromatic rings. The van der Waals surface area contributed by atoms with Crippen LogP contribution in [0.4, 0.5) is 10.5 Å². The lowest BCUT2D eigenvalue weighted by Crippen LogP contribution is -2.12. The molecule has 0 bridgehead atoms. The van der Waals surface area contributed by atoms with E-state index in [1.807, 2.05) is 36.4 Å². The van der Waals surface area contributed by atoms with E-state index in [9.17, 15) is 10.1 Å². The lowest BCUT2D eigenvalue weighted by molar-refractivity contribution is 0.167. The molecular weight excluding hydrogens is 410 g/mol. The number of nitriles is 1. The molecule has 6 heteroatoms. The number of anilines is 1. The summed E-state index contributed by atoms with van der Waals surface area (Å²) < 4.78 is 0. The number of nitrogens with zero attached hydrogens (tertiary/aromatic N) is 2. The molecule has 1 amide bonds. The molecular formula is C25H16ClN3O2. The fourth-order valence-electron chi connectivity index (χ4n) is 3.16. The highest BCUT2D eigenvalue weighted by Crippen LogP contribution is 2.24. The fourth-order valence-corrected chi connectivity index (χ4v) is 3.29. The van der Waals surface area contributed by atoms with E-state index in [1.54, 1.807) is 54.6 Å². The molecule has 0 saturated carbocycles. The number of fused-ring (bicyclic) bond motifs is 1. The number of amides is 1. The Hall–Kier alpha value is -4.14. The van der Waals surface area contributed by atoms with Gasteiger partial charge in [0.1, 0.15) is 11.8 Å². The van der Waals surface area contributed by atoms with Crippen LogP contribution in [0.25, 0.3) is 16.3 Å². The highest BCUT2D eigenvalue weighted by Gasteiger charge is 2.10. The van der Waals surface area contributed by atoms with Crippen LogP contribution in [-0.4, -0.2) is 11.8 Å². The number of carbonyl (C=O) groups excluding carboxylic acids is 1. The molecule has 0 atom stereocenters. The van der Waals surface area contributed by atoms with Gasteiger partial charge in [-0.05, 0) is 46.9 Å². The standard InChI is InChI=1S/C25H16ClN3O2/c26-20-12-8-18(9-13-20)23(16-27)19-10-14-21(15-11-19)29-31-25(30)28-24-7-3-5-17-4-1-2-6-22(17)24/h1-15H,(H,28,30). The van der Waals surface area contributed by atoms with Crippen LogP contribution < -0.4 is 5.32 Å². The number of allylic oxidation sites excluding steroid dienone is 6. The molecule has 1 aliphatic carbocycles. The van der Waals surface area contributed by atoms with E-state index >= 15 is 0 Å². The number of rotatable bonds is 3. The molecule has 150 valence electrons. The summed E-state index contributed by atoms with van der Waals surface area (Å²) >= 11 is 5.92. The Morgan fingerprint density at radius 1 is 0.935 bits per heavy atom. The van der Waals surface area contributed by atoms with Crippen LogP contribution >= 0.6 is 11.6 Å². The van der Waals surface area contributed by atoms with E-state index in [4.69, 9.17) is 16.4 Å². The number of hydrogen-bond donors (Lipinski definition) is 1. The molecule has 0 radical (unpaired) electrons. The van der Waals surface area contributed by atoms with Crippen molar-refractivity contribution in [3.8, 4) is 6.07 Å². The number of hydrogen-bond acceptors (Lipinski definition) is 4. The monoisotopic (exact) mass is 425 g/mol. The van der Waals surface area contributed by atoms with E-state index in [-0.39, 0.29) is 0 Å². The molecule has 0 aromatic heterocycles. The number of carbonyl (C=O) groups is 1. The van der Waals surface area contributed by atoms with Gasteiger partial charge >= 0.3 is 6.09 Å². The molecule has 0 spiro atoms. The van der Waals surface area contributed by atoms with Crippen molar-refractivity contribution < 1.29 is 9.63 Å². The first kappa shape index (κ1) is 20.1. The minimum absolute atomic E-state index is 0.449. The maximum atomic E-state index is 12.2. The molecule has 31 heavy (non-hydrogen) atoms. The molecule has 1 N–H and O–H groups in total. The molecule has 4 rings (SSSR count). The second-order valence-electron chi connectivity index (χ2n) is 6.66. The number of oxime groups is 1. The van der Waals surface area contributed by atoms with Crippen LogP contribution in [0.2, 0.25) is 5.02 Å². The van der Waals surface area contributed by atoms with Crippen molar-refractivity contribution in [2.75, 3.05) is 5.32 Å². The minimum Gasteiger partial charge on any atom is -0.297 e. The van der Waals surface area contributed by atoms with Gasteiger partial charge < -0.3 is 0 Å². The largest absolute Gasteiger partial charge is 0.437 e. The first-order valence-electron chi connectivity index (χ1n) is 9.44. The van der Waals surface area contributed by atoms with Crippen molar-refractivity contribution in [3.05, 3.63) is 107 Å². The normalized spacial score (nSPS) is 12.4. The SMILES string of the molecule is N#CC(=C1C=CC(=NOC(=O)Nc2cccc3ccccc23)C=C1)c1ccc(Cl)cc1. The average molecular weight is 426 g/mol. The van der Waals surface area contributed by atoms with Gasteiger partial charge in [0, 0.05) is 10.4 Å². The highest BCUT2D eigenvalue weighted by molar-refractivity contribution is 6.30. The topological polar surface area (TPSA) is 74.5 Å². The Labute approximate surface area is 184 Å². The molecule has 0 fully saturated rings. The van der Waals surface area contributed by atoms with Gasteiger partial charge in [-0.25, -0.2) is 4.79 Å². The predicted molar refractivity (Wildman–Crippen MR) is 124 cm³/mol. The summed E-state index contributed by atoms with van der Waals surface area (Å²) in [4.78, 5) is 17.2. The van der Waals surface area contributed by atoms with Crippen molar-refractivity contribution in [2.45, 2.75) is 0 Å². The van der Waals surface area contributed by atoms with E-state index in [0.717, 1.165) is 21.9 Å². The summed E-state index contributed by atoms with van der Waals surface area (Å²) in [5.74, 6) is 0. The van der Waals surface area contributed by atoms with Crippen LogP contribution in [0.1, 0.15) is 5.56 Å². The van der Waals surface area contributed by atoms with Gasteiger partial charge in [0.2, 0.25) is 0 Å². The molecule has 0 heterocycles. The zero-order chi connectivity index (χ0) is 21.6. The molecule has 1 aliphatic rings. The highest BCUT2D eigenvalue weighted by atomic mass is 35.5. The summed E-state index contributed by atoms with van der Waals surface area (Å²) in [5, 5.41) is 18.6. The lowest BCUT2D eigenvalue weighted by atomic mass is 9.97. The van der Waals surface area contributed by atoms with E-state index < -0.39 is 6.09 Å². The first-order chi connectivity index (χ1) is 15.1. The van der Waals surface area contributed by atoms with Crippen molar-refractivity contribution in [2.24, 2.45) is 5.16 Å². The first-order valence-corrected chi connectivity index (χ1v) is 9.82. The molecule has 0 saturated heterocycles. The van der Waals surface area contributed by atoms with E-state index in [0.29, 0.717) is 22.0 Å². The van der Waals surface area contributed by atoms with Crippen LogP contribution in [-0.2, 0) is 4.84 Å². The average Bonchev–Trinajstić information content (AvgIpc) is 2.80. The van der Waals surface area contributed by atoms with Gasteiger partial charge in [-0.1, -0.05) is 77.4 Å². The fraction of sp³-hybridized carbons (Fsp3) is 0. The summed E-state index contributed by atoms with van der Waals surface area (Å²) in [6, 6.07) is 22.6. The van der Waals surface area contributed by atoms with Gasteiger partial charge in [0.05, 0.1) is 11.3 Å². The second-order valence-corrected chi connectivity index (χ2v) is 7.10. The van der Waals surface area contributed by atoms with Crippen LogP contribution in [0.3, 0.4) is 0 Å². The molecule has 0 unspecified atom stereocenters. The third-order valence-electron chi connectivity index (χ3n) is 4.66. The Morgan fingerprint density at radius 3 is 2.39 bits per heavy atom. The Balaban J connectivity index is 1.45. The zero-order valence-corrected chi connectivity index (χ0v) is 17.0. The third kappa shape index (κ3) is 4.72. The maximum Gasteiger partial charge on any atom is 0.437 e. The minimum atomic E-state index is -0.689. The Kier molecular flexibility index (Phi) is 5.93. The van der Waals surface area contributed by atoms with Crippen molar-refractivity contribution >= 4 is 45.4 Å². The smallest absolute Gasteiger partial charge is 0.297 e. The zero-order valence-electron chi connectivity index (χ0n) is 16.2. The quantitative estimate of drug-likeness (QED) is 0.295. The van der Waals surface area contributed by atoms with Gasteiger partial charge in [0.15, 0.2) is 0 Å². The van der Waals surface area contributed by atoms with Crippen LogP contribution in [0, 0.1) is 11.3 Å². The van der Waals surface area contributed by atoms with Crippen molar-refractivity contribution in [1.82, 2.24) is 0 Å². The Bertz CT molecular complexity index is 1290. The lowest BCUT2D eigenvalue weighted by Gasteiger charge is -2.08. The van der Waals surface area contributed by atoms with Crippen molar-refractivity contribution in [3.63, 3.8) is 0 Å². The number of nitrogens with one attached hydrogen (secondary N) is 1. The summed E-state index contributed by atoms with van der Waals surface area (Å²) in [6.45, 7) is 0. The predicted octanol–water partition coefficient (Wildman–Crippen LogP) is 6.50. The van der Waals surface area contributed by atoms with Gasteiger partial charge in [0.25, 0.3) is 0 Å². The second kappa shape index (κ2) is 9.12. The van der Waals surface area contributed by atoms with Gasteiger partial charge in [-0.15, -0.1) is 0 Å². The van der Waals surface area contributed by atoms with Crippen LogP contribution in [0.15, 0.2) is 102 Å². The molecule has 0 aliphatic heterocycles. The molecule has 5 nitrogen and oxygen atoms in total. The number of halogens is 1. The number of benzene rings is 3. The van der Waals surface area contributed by atoms with E-state index in [1.165, 1.54) is 0 Å². The van der Waals surface area contributed by atoms with Gasteiger partial charge in [-0.2, -0.15) is 5.26 Å². The molecule has 3 aromatic carbocycles.